The van der Waals surface area contributed by atoms with E-state index < -0.39 is 11.8 Å². The number of carbonyl (C=O) groups is 2. The Bertz CT molecular complexity index is 970. The quantitative estimate of drug-likeness (QED) is 0.676. The van der Waals surface area contributed by atoms with Crippen LogP contribution in [0.5, 0.6) is 0 Å². The first-order valence-corrected chi connectivity index (χ1v) is 9.07. The zero-order valence-corrected chi connectivity index (χ0v) is 15.9. The van der Waals surface area contributed by atoms with Gasteiger partial charge in [0.25, 0.3) is 11.8 Å². The summed E-state index contributed by atoms with van der Waals surface area (Å²) >= 11 is 1.25. The number of thiophene rings is 1. The van der Waals surface area contributed by atoms with Gasteiger partial charge in [-0.05, 0) is 50.6 Å². The monoisotopic (exact) mass is 386 g/mol. The normalized spacial score (nSPS) is 11.3. The lowest BCUT2D eigenvalue weighted by atomic mass is 10.1. The molecule has 140 valence electrons. The summed E-state index contributed by atoms with van der Waals surface area (Å²) in [6, 6.07) is 9.47. The molecule has 1 aromatic carbocycles. The Labute approximate surface area is 160 Å². The van der Waals surface area contributed by atoms with Crippen molar-refractivity contribution < 1.29 is 14.0 Å². The highest BCUT2D eigenvalue weighted by Crippen LogP contribution is 2.28. The Hall–Kier alpha value is -3.00. The first-order valence-electron chi connectivity index (χ1n) is 8.25. The van der Waals surface area contributed by atoms with Crippen molar-refractivity contribution in [1.82, 2.24) is 20.6 Å². The fourth-order valence-corrected chi connectivity index (χ4v) is 3.19. The van der Waals surface area contributed by atoms with Gasteiger partial charge in [-0.3, -0.25) is 25.1 Å². The van der Waals surface area contributed by atoms with E-state index >= 15 is 0 Å². The molecular formula is C19H19FN4O2S. The molecular weight excluding hydrogens is 367 g/mol. The molecule has 0 radical (unpaired) electrons. The Morgan fingerprint density at radius 2 is 1.70 bits per heavy atom. The number of hydrogen-bond acceptors (Lipinski definition) is 4. The summed E-state index contributed by atoms with van der Waals surface area (Å²) in [5.41, 5.74) is 5.71. The number of rotatable bonds is 3. The second kappa shape index (κ2) is 7.32. The molecule has 0 atom stereocenters. The average molecular weight is 386 g/mol. The minimum atomic E-state index is -0.450. The zero-order valence-electron chi connectivity index (χ0n) is 15.1. The van der Waals surface area contributed by atoms with Crippen molar-refractivity contribution in [3.05, 3.63) is 65.0 Å². The van der Waals surface area contributed by atoms with E-state index in [2.05, 4.69) is 16.0 Å². The van der Waals surface area contributed by atoms with E-state index in [1.165, 1.54) is 29.7 Å². The molecule has 0 aliphatic heterocycles. The predicted octanol–water partition coefficient (Wildman–Crippen LogP) is 3.58. The molecule has 8 heteroatoms. The Kier molecular flexibility index (Phi) is 5.09. The van der Waals surface area contributed by atoms with Crippen LogP contribution >= 0.6 is 11.3 Å². The number of benzene rings is 1. The first kappa shape index (κ1) is 18.8. The average Bonchev–Trinajstić information content (AvgIpc) is 3.29. The third kappa shape index (κ3) is 4.40. The number of hydrogen-bond donors (Lipinski definition) is 2. The number of aromatic nitrogens is 2. The molecule has 0 aliphatic rings. The molecule has 0 spiro atoms. The van der Waals surface area contributed by atoms with Gasteiger partial charge in [-0.2, -0.15) is 5.10 Å². The number of amides is 2. The van der Waals surface area contributed by atoms with Crippen LogP contribution in [0.2, 0.25) is 0 Å². The molecule has 0 unspecified atom stereocenters. The molecule has 27 heavy (non-hydrogen) atoms. The molecule has 2 aromatic heterocycles. The summed E-state index contributed by atoms with van der Waals surface area (Å²) in [6.45, 7) is 5.91. The molecule has 6 nitrogen and oxygen atoms in total. The molecule has 0 saturated heterocycles. The Morgan fingerprint density at radius 1 is 1.04 bits per heavy atom. The van der Waals surface area contributed by atoms with E-state index in [1.54, 1.807) is 35.1 Å². The van der Waals surface area contributed by atoms with E-state index in [4.69, 9.17) is 0 Å². The lowest BCUT2D eigenvalue weighted by Gasteiger charge is -2.18. The Morgan fingerprint density at radius 3 is 2.33 bits per heavy atom. The maximum absolute atomic E-state index is 13.0. The standard InChI is InChI=1S/C19H19FN4O2S/c1-19(2,3)24-11-13(10-21-24)17(25)22-23-18(26)16-9-8-15(27-16)12-4-6-14(20)7-5-12/h4-11H,1-3H3,(H,22,25)(H,23,26). The van der Waals surface area contributed by atoms with Gasteiger partial charge in [0.05, 0.1) is 22.2 Å². The third-order valence-electron chi connectivity index (χ3n) is 3.78. The highest BCUT2D eigenvalue weighted by Gasteiger charge is 2.17. The van der Waals surface area contributed by atoms with E-state index in [0.717, 1.165) is 10.4 Å². The van der Waals surface area contributed by atoms with Crippen molar-refractivity contribution in [3.8, 4) is 10.4 Å². The van der Waals surface area contributed by atoms with Crippen molar-refractivity contribution in [2.24, 2.45) is 0 Å². The van der Waals surface area contributed by atoms with Crippen LogP contribution < -0.4 is 10.9 Å². The lowest BCUT2D eigenvalue weighted by molar-refractivity contribution is 0.0848. The van der Waals surface area contributed by atoms with Crippen molar-refractivity contribution in [2.75, 3.05) is 0 Å². The number of nitrogens with one attached hydrogen (secondary N) is 2. The second-order valence-electron chi connectivity index (χ2n) is 6.92. The van der Waals surface area contributed by atoms with Gasteiger partial charge in [0.15, 0.2) is 0 Å². The van der Waals surface area contributed by atoms with Gasteiger partial charge >= 0.3 is 0 Å². The molecule has 2 N–H and O–H groups in total. The predicted molar refractivity (Wildman–Crippen MR) is 102 cm³/mol. The van der Waals surface area contributed by atoms with Crippen LogP contribution in [0.15, 0.2) is 48.8 Å². The largest absolute Gasteiger partial charge is 0.279 e. The lowest BCUT2D eigenvalue weighted by Crippen LogP contribution is -2.41. The van der Waals surface area contributed by atoms with Gasteiger partial charge in [0, 0.05) is 11.1 Å². The van der Waals surface area contributed by atoms with Crippen molar-refractivity contribution in [1.29, 1.82) is 0 Å². The van der Waals surface area contributed by atoms with E-state index in [9.17, 15) is 14.0 Å². The van der Waals surface area contributed by atoms with Crippen LogP contribution in [-0.2, 0) is 5.54 Å². The minimum absolute atomic E-state index is 0.241. The summed E-state index contributed by atoms with van der Waals surface area (Å²) in [7, 11) is 0. The zero-order chi connectivity index (χ0) is 19.6. The molecule has 2 amide bonds. The number of nitrogens with zero attached hydrogens (tertiary/aromatic N) is 2. The van der Waals surface area contributed by atoms with Crippen LogP contribution in [0.25, 0.3) is 10.4 Å². The van der Waals surface area contributed by atoms with Crippen LogP contribution in [0.4, 0.5) is 4.39 Å². The minimum Gasteiger partial charge on any atom is -0.267 e. The fraction of sp³-hybridized carbons (Fsp3) is 0.211. The summed E-state index contributed by atoms with van der Waals surface area (Å²) in [5.74, 6) is -1.19. The van der Waals surface area contributed by atoms with E-state index in [0.29, 0.717) is 10.4 Å². The molecule has 3 aromatic rings. The summed E-state index contributed by atoms with van der Waals surface area (Å²) in [4.78, 5) is 25.7. The molecule has 2 heterocycles. The maximum Gasteiger partial charge on any atom is 0.279 e. The molecule has 0 fully saturated rings. The van der Waals surface area contributed by atoms with Gasteiger partial charge in [-0.25, -0.2) is 4.39 Å². The molecule has 0 aliphatic carbocycles. The smallest absolute Gasteiger partial charge is 0.267 e. The van der Waals surface area contributed by atoms with Crippen LogP contribution in [0.1, 0.15) is 40.8 Å². The second-order valence-corrected chi connectivity index (χ2v) is 8.01. The summed E-state index contributed by atoms with van der Waals surface area (Å²) in [6.07, 6.45) is 3.07. The van der Waals surface area contributed by atoms with Gasteiger partial charge in [0.2, 0.25) is 0 Å². The SMILES string of the molecule is CC(C)(C)n1cc(C(=O)NNC(=O)c2ccc(-c3ccc(F)cc3)s2)cn1. The Balaban J connectivity index is 1.62. The van der Waals surface area contributed by atoms with Crippen molar-refractivity contribution in [3.63, 3.8) is 0 Å². The highest BCUT2D eigenvalue weighted by atomic mass is 32.1. The van der Waals surface area contributed by atoms with Crippen molar-refractivity contribution in [2.45, 2.75) is 26.3 Å². The summed E-state index contributed by atoms with van der Waals surface area (Å²) in [5, 5.41) is 4.16. The van der Waals surface area contributed by atoms with Gasteiger partial charge in [0.1, 0.15) is 5.82 Å². The third-order valence-corrected chi connectivity index (χ3v) is 4.91. The highest BCUT2D eigenvalue weighted by molar-refractivity contribution is 7.17. The maximum atomic E-state index is 13.0. The van der Waals surface area contributed by atoms with Gasteiger partial charge in [-0.15, -0.1) is 11.3 Å². The number of carbonyl (C=O) groups excluding carboxylic acids is 2. The number of halogens is 1. The van der Waals surface area contributed by atoms with E-state index in [1.807, 2.05) is 20.8 Å². The first-order chi connectivity index (χ1) is 12.7. The van der Waals surface area contributed by atoms with Crippen LogP contribution in [0, 0.1) is 5.82 Å². The van der Waals surface area contributed by atoms with E-state index in [-0.39, 0.29) is 11.4 Å². The fourth-order valence-electron chi connectivity index (χ4n) is 2.28. The van der Waals surface area contributed by atoms with Gasteiger partial charge < -0.3 is 0 Å². The van der Waals surface area contributed by atoms with Crippen LogP contribution in [0.3, 0.4) is 0 Å². The molecule has 0 saturated carbocycles. The van der Waals surface area contributed by atoms with Gasteiger partial charge in [-0.1, -0.05) is 12.1 Å². The summed E-state index contributed by atoms with van der Waals surface area (Å²) < 4.78 is 14.7. The molecule has 0 bridgehead atoms. The topological polar surface area (TPSA) is 76.0 Å². The molecule has 3 rings (SSSR count). The van der Waals surface area contributed by atoms with Crippen molar-refractivity contribution >= 4 is 23.2 Å². The number of hydrazine groups is 1. The van der Waals surface area contributed by atoms with Crippen LogP contribution in [-0.4, -0.2) is 21.6 Å².